The molecule has 0 rings (SSSR count). The highest BCUT2D eigenvalue weighted by molar-refractivity contribution is 5.72. The second-order valence-electron chi connectivity index (χ2n) is 18.1. The van der Waals surface area contributed by atoms with Crippen molar-refractivity contribution < 1.29 is 28.6 Å². The quantitative estimate of drug-likeness (QED) is 0.0262. The average Bonchev–Trinajstić information content (AvgIpc) is 3.29. The van der Waals surface area contributed by atoms with E-state index in [0.717, 1.165) is 70.6 Å². The van der Waals surface area contributed by atoms with Crippen LogP contribution in [0.2, 0.25) is 0 Å². The van der Waals surface area contributed by atoms with Gasteiger partial charge in [-0.3, -0.25) is 14.4 Å². The third-order valence-corrected chi connectivity index (χ3v) is 11.8. The van der Waals surface area contributed by atoms with Crippen LogP contribution >= 0.6 is 0 Å². The summed E-state index contributed by atoms with van der Waals surface area (Å²) in [5.74, 6) is -1.03. The molecule has 0 saturated heterocycles. The first-order valence-electron chi connectivity index (χ1n) is 27.3. The standard InChI is InChI=1S/C58H102O6/c1-4-7-10-13-16-19-22-24-26-27-28-29-30-32-33-36-39-42-45-48-51-57(60)63-54-55(53-62-56(59)50-47-44-41-38-35-21-18-15-12-9-6-3)64-58(61)52-49-46-43-40-37-34-31-25-23-20-17-14-11-8-5-2/h8,11,17,20,25,31,37,40,46,49,55H,4-7,9-10,12-16,18-19,21-24,26-30,32-36,38-39,41-45,47-48,50-54H2,1-3H3/b11-8-,20-17-,31-25-,40-37-,49-46-. The van der Waals surface area contributed by atoms with Crippen molar-refractivity contribution in [3.8, 4) is 0 Å². The summed E-state index contributed by atoms with van der Waals surface area (Å²) in [6, 6.07) is 0. The van der Waals surface area contributed by atoms with Crippen molar-refractivity contribution in [2.75, 3.05) is 13.2 Å². The monoisotopic (exact) mass is 895 g/mol. The van der Waals surface area contributed by atoms with E-state index in [4.69, 9.17) is 14.2 Å². The Morgan fingerprint density at radius 1 is 0.328 bits per heavy atom. The Bertz CT molecular complexity index is 1170. The SMILES string of the molecule is CC/C=C\C/C=C\C/C=C\C/C=C\C/C=C\CC(=O)OC(COC(=O)CCCCCCCCCCCCC)COC(=O)CCCCCCCCCCCCCCCCCCCCCC. The van der Waals surface area contributed by atoms with E-state index in [1.165, 1.54) is 161 Å². The van der Waals surface area contributed by atoms with Gasteiger partial charge in [0.05, 0.1) is 6.42 Å². The van der Waals surface area contributed by atoms with Gasteiger partial charge in [0.25, 0.3) is 0 Å². The highest BCUT2D eigenvalue weighted by Crippen LogP contribution is 2.16. The molecule has 0 amide bonds. The van der Waals surface area contributed by atoms with Crippen molar-refractivity contribution in [2.24, 2.45) is 0 Å². The third kappa shape index (κ3) is 50.1. The number of carbonyl (C=O) groups is 3. The molecule has 0 aromatic heterocycles. The van der Waals surface area contributed by atoms with Gasteiger partial charge in [0.2, 0.25) is 0 Å². The number of rotatable bonds is 49. The third-order valence-electron chi connectivity index (χ3n) is 11.8. The molecule has 0 heterocycles. The van der Waals surface area contributed by atoms with Crippen molar-refractivity contribution in [3.63, 3.8) is 0 Å². The van der Waals surface area contributed by atoms with Gasteiger partial charge in [-0.1, -0.05) is 268 Å². The molecule has 1 atom stereocenters. The molecule has 0 radical (unpaired) electrons. The van der Waals surface area contributed by atoms with Gasteiger partial charge in [-0.2, -0.15) is 0 Å². The maximum absolute atomic E-state index is 12.7. The molecule has 0 N–H and O–H groups in total. The van der Waals surface area contributed by atoms with Crippen LogP contribution in [0.1, 0.15) is 271 Å². The summed E-state index contributed by atoms with van der Waals surface area (Å²) in [5.41, 5.74) is 0. The topological polar surface area (TPSA) is 78.9 Å². The van der Waals surface area contributed by atoms with Crippen LogP contribution < -0.4 is 0 Å². The van der Waals surface area contributed by atoms with Gasteiger partial charge < -0.3 is 14.2 Å². The Morgan fingerprint density at radius 3 is 0.891 bits per heavy atom. The molecule has 0 aromatic carbocycles. The lowest BCUT2D eigenvalue weighted by Gasteiger charge is -2.18. The molecule has 0 aliphatic rings. The molecule has 0 aromatic rings. The van der Waals surface area contributed by atoms with Crippen molar-refractivity contribution >= 4 is 17.9 Å². The highest BCUT2D eigenvalue weighted by atomic mass is 16.6. The van der Waals surface area contributed by atoms with E-state index in [0.29, 0.717) is 12.8 Å². The predicted octanol–water partition coefficient (Wildman–Crippen LogP) is 18.0. The Morgan fingerprint density at radius 2 is 0.594 bits per heavy atom. The van der Waals surface area contributed by atoms with Crippen LogP contribution in [0.25, 0.3) is 0 Å². The molecule has 0 spiro atoms. The molecule has 6 nitrogen and oxygen atoms in total. The molecule has 0 bridgehead atoms. The summed E-state index contributed by atoms with van der Waals surface area (Å²) in [7, 11) is 0. The first-order chi connectivity index (χ1) is 31.5. The number of carbonyl (C=O) groups excluding carboxylic acids is 3. The molecule has 64 heavy (non-hydrogen) atoms. The lowest BCUT2D eigenvalue weighted by molar-refractivity contribution is -0.166. The number of allylic oxidation sites excluding steroid dienone is 9. The lowest BCUT2D eigenvalue weighted by atomic mass is 10.0. The van der Waals surface area contributed by atoms with Gasteiger partial charge in [0.1, 0.15) is 13.2 Å². The Hall–Kier alpha value is -2.89. The van der Waals surface area contributed by atoms with E-state index >= 15 is 0 Å². The second kappa shape index (κ2) is 52.7. The molecule has 0 saturated carbocycles. The summed E-state index contributed by atoms with van der Waals surface area (Å²) in [6.45, 7) is 6.46. The Labute approximate surface area is 396 Å². The van der Waals surface area contributed by atoms with Crippen LogP contribution in [0.4, 0.5) is 0 Å². The van der Waals surface area contributed by atoms with Crippen molar-refractivity contribution in [1.29, 1.82) is 0 Å². The fourth-order valence-electron chi connectivity index (χ4n) is 7.75. The van der Waals surface area contributed by atoms with Gasteiger partial charge in [0, 0.05) is 12.8 Å². The molecule has 0 aliphatic heterocycles. The molecule has 6 heteroatoms. The van der Waals surface area contributed by atoms with Crippen LogP contribution in [-0.2, 0) is 28.6 Å². The van der Waals surface area contributed by atoms with Gasteiger partial charge in [-0.25, -0.2) is 0 Å². The Balaban J connectivity index is 4.38. The Kier molecular flexibility index (Phi) is 50.4. The molecule has 0 fully saturated rings. The van der Waals surface area contributed by atoms with E-state index in [1.54, 1.807) is 6.08 Å². The van der Waals surface area contributed by atoms with E-state index in [-0.39, 0.29) is 31.6 Å². The zero-order valence-corrected chi connectivity index (χ0v) is 42.3. The highest BCUT2D eigenvalue weighted by Gasteiger charge is 2.19. The molecular formula is C58H102O6. The maximum atomic E-state index is 12.7. The lowest BCUT2D eigenvalue weighted by Crippen LogP contribution is -2.30. The fourth-order valence-corrected chi connectivity index (χ4v) is 7.75. The zero-order chi connectivity index (χ0) is 46.5. The summed E-state index contributed by atoms with van der Waals surface area (Å²) in [4.78, 5) is 37.9. The normalized spacial score (nSPS) is 12.5. The van der Waals surface area contributed by atoms with Gasteiger partial charge in [0.15, 0.2) is 6.10 Å². The second-order valence-corrected chi connectivity index (χ2v) is 18.1. The van der Waals surface area contributed by atoms with Gasteiger partial charge >= 0.3 is 17.9 Å². The number of hydrogen-bond donors (Lipinski definition) is 0. The van der Waals surface area contributed by atoms with E-state index in [1.807, 2.05) is 6.08 Å². The number of ether oxygens (including phenoxy) is 3. The minimum atomic E-state index is -0.824. The summed E-state index contributed by atoms with van der Waals surface area (Å²) >= 11 is 0. The average molecular weight is 895 g/mol. The van der Waals surface area contributed by atoms with E-state index in [2.05, 4.69) is 69.4 Å². The largest absolute Gasteiger partial charge is 0.462 e. The zero-order valence-electron chi connectivity index (χ0n) is 42.3. The summed E-state index contributed by atoms with van der Waals surface area (Å²) in [5, 5.41) is 0. The number of hydrogen-bond acceptors (Lipinski definition) is 6. The van der Waals surface area contributed by atoms with Gasteiger partial charge in [-0.05, 0) is 44.9 Å². The molecule has 0 aliphatic carbocycles. The van der Waals surface area contributed by atoms with Crippen LogP contribution in [0, 0.1) is 0 Å². The maximum Gasteiger partial charge on any atom is 0.310 e. The molecule has 1 unspecified atom stereocenters. The van der Waals surface area contributed by atoms with Crippen LogP contribution in [0.3, 0.4) is 0 Å². The minimum Gasteiger partial charge on any atom is -0.462 e. The molecular weight excluding hydrogens is 793 g/mol. The van der Waals surface area contributed by atoms with Crippen molar-refractivity contribution in [2.45, 2.75) is 277 Å². The van der Waals surface area contributed by atoms with Crippen molar-refractivity contribution in [3.05, 3.63) is 60.8 Å². The van der Waals surface area contributed by atoms with Crippen LogP contribution in [0.5, 0.6) is 0 Å². The number of esters is 3. The molecule has 370 valence electrons. The smallest absolute Gasteiger partial charge is 0.310 e. The van der Waals surface area contributed by atoms with Crippen LogP contribution in [0.15, 0.2) is 60.8 Å². The first kappa shape index (κ1) is 61.1. The fraction of sp³-hybridized carbons (Fsp3) is 0.776. The first-order valence-corrected chi connectivity index (χ1v) is 27.3. The van der Waals surface area contributed by atoms with Crippen LogP contribution in [-0.4, -0.2) is 37.2 Å². The summed E-state index contributed by atoms with van der Waals surface area (Å²) < 4.78 is 16.7. The summed E-state index contributed by atoms with van der Waals surface area (Å²) in [6.07, 6.45) is 65.3. The minimum absolute atomic E-state index is 0.101. The van der Waals surface area contributed by atoms with Crippen molar-refractivity contribution in [1.82, 2.24) is 0 Å². The number of unbranched alkanes of at least 4 members (excludes halogenated alkanes) is 29. The van der Waals surface area contributed by atoms with Gasteiger partial charge in [-0.15, -0.1) is 0 Å². The predicted molar refractivity (Wildman–Crippen MR) is 275 cm³/mol. The van der Waals surface area contributed by atoms with E-state index in [9.17, 15) is 14.4 Å². The van der Waals surface area contributed by atoms with E-state index < -0.39 is 12.1 Å².